The maximum absolute atomic E-state index is 13.0. The molecule has 0 aliphatic carbocycles. The highest BCUT2D eigenvalue weighted by atomic mass is 19.3. The van der Waals surface area contributed by atoms with E-state index in [1.165, 1.54) is 0 Å². The maximum Gasteiger partial charge on any atom is 0.279 e. The van der Waals surface area contributed by atoms with Gasteiger partial charge in [-0.2, -0.15) is 0 Å². The minimum atomic E-state index is -3.13. The standard InChI is InChI=1S/C9H15F2O/c1-4-6-7-9(10,11)8(3,12)5-2/h2,5,12H,4,6-7H2,1,3H3. The molecule has 0 aromatic carbocycles. The van der Waals surface area contributed by atoms with Crippen molar-refractivity contribution in [1.29, 1.82) is 0 Å². The summed E-state index contributed by atoms with van der Waals surface area (Å²) in [5.41, 5.74) is -2.19. The van der Waals surface area contributed by atoms with Gasteiger partial charge in [-0.15, -0.1) is 0 Å². The van der Waals surface area contributed by atoms with Gasteiger partial charge in [0, 0.05) is 6.42 Å². The van der Waals surface area contributed by atoms with Gasteiger partial charge in [-0.3, -0.25) is 0 Å². The molecule has 1 N–H and O–H groups in total. The third-order valence-corrected chi connectivity index (χ3v) is 1.91. The highest BCUT2D eigenvalue weighted by Crippen LogP contribution is 2.33. The number of aliphatic hydroxyl groups is 1. The molecule has 0 saturated heterocycles. The summed E-state index contributed by atoms with van der Waals surface area (Å²) in [5, 5.41) is 9.15. The van der Waals surface area contributed by atoms with E-state index >= 15 is 0 Å². The molecule has 1 unspecified atom stereocenters. The Morgan fingerprint density at radius 1 is 1.50 bits per heavy atom. The highest BCUT2D eigenvalue weighted by molar-refractivity contribution is 5.00. The van der Waals surface area contributed by atoms with Gasteiger partial charge < -0.3 is 5.11 Å². The van der Waals surface area contributed by atoms with Crippen LogP contribution < -0.4 is 0 Å². The molecular formula is C9H15F2O. The van der Waals surface area contributed by atoms with Gasteiger partial charge in [0.25, 0.3) is 5.92 Å². The second-order valence-electron chi connectivity index (χ2n) is 3.12. The molecule has 0 aliphatic rings. The van der Waals surface area contributed by atoms with Crippen molar-refractivity contribution in [3.05, 3.63) is 12.7 Å². The monoisotopic (exact) mass is 177 g/mol. The van der Waals surface area contributed by atoms with Gasteiger partial charge in [-0.05, 0) is 19.4 Å². The first-order valence-electron chi connectivity index (χ1n) is 4.03. The molecule has 0 rings (SSSR count). The summed E-state index contributed by atoms with van der Waals surface area (Å²) in [5.74, 6) is -3.13. The van der Waals surface area contributed by atoms with Crippen LogP contribution in [-0.2, 0) is 0 Å². The average molecular weight is 177 g/mol. The minimum Gasteiger partial charge on any atom is -0.380 e. The zero-order valence-electron chi connectivity index (χ0n) is 7.48. The first-order valence-corrected chi connectivity index (χ1v) is 4.03. The van der Waals surface area contributed by atoms with Crippen molar-refractivity contribution in [3.8, 4) is 0 Å². The zero-order valence-corrected chi connectivity index (χ0v) is 7.48. The minimum absolute atomic E-state index is 0.329. The molecule has 0 amide bonds. The Morgan fingerprint density at radius 3 is 2.33 bits per heavy atom. The van der Waals surface area contributed by atoms with Crippen LogP contribution in [0.25, 0.3) is 0 Å². The summed E-state index contributed by atoms with van der Waals surface area (Å²) < 4.78 is 26.1. The Balaban J connectivity index is 4.27. The van der Waals surface area contributed by atoms with E-state index in [9.17, 15) is 8.78 Å². The molecule has 0 spiro atoms. The Hall–Kier alpha value is -0.440. The van der Waals surface area contributed by atoms with Gasteiger partial charge in [0.1, 0.15) is 5.60 Å². The van der Waals surface area contributed by atoms with Gasteiger partial charge >= 0.3 is 0 Å². The van der Waals surface area contributed by atoms with E-state index < -0.39 is 11.5 Å². The largest absolute Gasteiger partial charge is 0.380 e. The number of rotatable bonds is 5. The van der Waals surface area contributed by atoms with E-state index in [2.05, 4.69) is 0 Å². The summed E-state index contributed by atoms with van der Waals surface area (Å²) in [4.78, 5) is 0. The van der Waals surface area contributed by atoms with Crippen molar-refractivity contribution in [2.75, 3.05) is 0 Å². The molecule has 1 atom stereocenters. The first-order chi connectivity index (χ1) is 5.37. The fourth-order valence-corrected chi connectivity index (χ4v) is 0.774. The van der Waals surface area contributed by atoms with Crippen LogP contribution in [0.2, 0.25) is 0 Å². The van der Waals surface area contributed by atoms with Crippen LogP contribution in [0.3, 0.4) is 0 Å². The molecule has 0 aromatic rings. The van der Waals surface area contributed by atoms with Gasteiger partial charge in [0.05, 0.1) is 0 Å². The number of alkyl halides is 2. The van der Waals surface area contributed by atoms with E-state index in [4.69, 9.17) is 11.7 Å². The summed E-state index contributed by atoms with van der Waals surface area (Å²) in [7, 11) is 0. The van der Waals surface area contributed by atoms with Crippen molar-refractivity contribution < 1.29 is 13.9 Å². The topological polar surface area (TPSA) is 20.2 Å². The third kappa shape index (κ3) is 2.55. The predicted octanol–water partition coefficient (Wildman–Crippen LogP) is 2.55. The molecule has 3 heteroatoms. The van der Waals surface area contributed by atoms with Gasteiger partial charge in [0.2, 0.25) is 0 Å². The van der Waals surface area contributed by atoms with E-state index in [0.717, 1.165) is 6.92 Å². The van der Waals surface area contributed by atoms with Crippen molar-refractivity contribution >= 4 is 0 Å². The van der Waals surface area contributed by atoms with Gasteiger partial charge in [-0.25, -0.2) is 8.78 Å². The van der Waals surface area contributed by atoms with E-state index in [-0.39, 0.29) is 6.42 Å². The Bertz CT molecular complexity index is 153. The van der Waals surface area contributed by atoms with Crippen LogP contribution in [0.1, 0.15) is 33.1 Å². The SMILES string of the molecule is [CH]=CC(C)(O)C(F)(F)CCCC. The highest BCUT2D eigenvalue weighted by Gasteiger charge is 2.45. The quantitative estimate of drug-likeness (QED) is 0.684. The van der Waals surface area contributed by atoms with Crippen LogP contribution in [0.15, 0.2) is 6.08 Å². The molecule has 0 saturated carbocycles. The lowest BCUT2D eigenvalue weighted by Gasteiger charge is -2.29. The molecule has 1 nitrogen and oxygen atoms in total. The molecule has 0 fully saturated rings. The number of hydrogen-bond acceptors (Lipinski definition) is 1. The van der Waals surface area contributed by atoms with Crippen LogP contribution in [0.5, 0.6) is 0 Å². The molecule has 0 aromatic heterocycles. The van der Waals surface area contributed by atoms with Crippen molar-refractivity contribution in [2.24, 2.45) is 0 Å². The first kappa shape index (κ1) is 11.6. The number of hydrogen-bond donors (Lipinski definition) is 1. The van der Waals surface area contributed by atoms with Crippen LogP contribution in [0.4, 0.5) is 8.78 Å². The smallest absolute Gasteiger partial charge is 0.279 e. The lowest BCUT2D eigenvalue weighted by molar-refractivity contribution is -0.149. The van der Waals surface area contributed by atoms with E-state index in [0.29, 0.717) is 18.9 Å². The van der Waals surface area contributed by atoms with Crippen molar-refractivity contribution in [1.82, 2.24) is 0 Å². The normalized spacial score (nSPS) is 17.1. The second kappa shape index (κ2) is 3.99. The van der Waals surface area contributed by atoms with Gasteiger partial charge in [0.15, 0.2) is 0 Å². The van der Waals surface area contributed by atoms with E-state index in [1.807, 2.05) is 6.92 Å². The fraction of sp³-hybridized carbons (Fsp3) is 0.778. The molecule has 12 heavy (non-hydrogen) atoms. The van der Waals surface area contributed by atoms with Gasteiger partial charge in [-0.1, -0.05) is 19.9 Å². The fourth-order valence-electron chi connectivity index (χ4n) is 0.774. The second-order valence-corrected chi connectivity index (χ2v) is 3.12. The summed E-state index contributed by atoms with van der Waals surface area (Å²) >= 11 is 0. The maximum atomic E-state index is 13.0. The molecule has 0 heterocycles. The lowest BCUT2D eigenvalue weighted by Crippen LogP contribution is -2.43. The van der Waals surface area contributed by atoms with Crippen LogP contribution in [0, 0.1) is 6.58 Å². The van der Waals surface area contributed by atoms with Crippen LogP contribution in [-0.4, -0.2) is 16.6 Å². The molecule has 0 bridgehead atoms. The lowest BCUT2D eigenvalue weighted by atomic mass is 9.94. The third-order valence-electron chi connectivity index (χ3n) is 1.91. The zero-order chi connectivity index (χ0) is 9.83. The molecule has 0 aliphatic heterocycles. The Labute approximate surface area is 72.1 Å². The van der Waals surface area contributed by atoms with Crippen molar-refractivity contribution in [2.45, 2.75) is 44.6 Å². The average Bonchev–Trinajstić information content (AvgIpc) is 2.00. The number of halogens is 2. The summed E-state index contributed by atoms with van der Waals surface area (Å²) in [6.45, 7) is 7.74. The predicted molar refractivity (Wildman–Crippen MR) is 44.0 cm³/mol. The number of unbranched alkanes of at least 4 members (excludes halogenated alkanes) is 1. The molecular weight excluding hydrogens is 162 g/mol. The summed E-state index contributed by atoms with van der Waals surface area (Å²) in [6.07, 6.45) is 1.38. The Morgan fingerprint density at radius 2 is 2.00 bits per heavy atom. The van der Waals surface area contributed by atoms with Crippen molar-refractivity contribution in [3.63, 3.8) is 0 Å². The van der Waals surface area contributed by atoms with Crippen LogP contribution >= 0.6 is 0 Å². The Kier molecular flexibility index (Phi) is 3.84. The summed E-state index contributed by atoms with van der Waals surface area (Å²) in [6, 6.07) is 0. The van der Waals surface area contributed by atoms with E-state index in [1.54, 1.807) is 0 Å². The molecule has 1 radical (unpaired) electrons. The molecule has 71 valence electrons.